The Hall–Kier alpha value is -2.77. The zero-order valence-corrected chi connectivity index (χ0v) is 18.1. The lowest BCUT2D eigenvalue weighted by Crippen LogP contribution is -2.43. The van der Waals surface area contributed by atoms with E-state index < -0.39 is 15.8 Å². The highest BCUT2D eigenvalue weighted by atomic mass is 32.2. The summed E-state index contributed by atoms with van der Waals surface area (Å²) in [6.45, 7) is 2.33. The van der Waals surface area contributed by atoms with E-state index in [2.05, 4.69) is 11.4 Å². The Morgan fingerprint density at radius 1 is 1.00 bits per heavy atom. The highest BCUT2D eigenvalue weighted by Gasteiger charge is 2.33. The minimum absolute atomic E-state index is 0.0800. The van der Waals surface area contributed by atoms with Gasteiger partial charge in [-0.15, -0.1) is 0 Å². The normalized spacial score (nSPS) is 16.8. The molecule has 1 N–H and O–H groups in total. The molecule has 1 fully saturated rings. The van der Waals surface area contributed by atoms with E-state index in [9.17, 15) is 17.6 Å². The molecule has 1 aliphatic rings. The maximum Gasteiger partial charge on any atom is 0.245 e. The van der Waals surface area contributed by atoms with Gasteiger partial charge in [-0.1, -0.05) is 48.5 Å². The van der Waals surface area contributed by atoms with Crippen LogP contribution in [0.5, 0.6) is 0 Å². The average Bonchev–Trinajstić information content (AvgIpc) is 2.79. The largest absolute Gasteiger partial charge is 0.349 e. The second kappa shape index (κ2) is 8.77. The Kier molecular flexibility index (Phi) is 6.07. The number of hydrogen-bond donors (Lipinski definition) is 1. The number of benzene rings is 3. The first kappa shape index (κ1) is 21.5. The minimum Gasteiger partial charge on any atom is -0.349 e. The van der Waals surface area contributed by atoms with Crippen LogP contribution < -0.4 is 5.32 Å². The van der Waals surface area contributed by atoms with Crippen LogP contribution in [0, 0.1) is 11.7 Å². The number of sulfonamides is 1. The van der Waals surface area contributed by atoms with Gasteiger partial charge < -0.3 is 5.32 Å². The monoisotopic (exact) mass is 440 g/mol. The number of nitrogens with zero attached hydrogens (tertiary/aromatic N) is 1. The van der Waals surface area contributed by atoms with Gasteiger partial charge in [-0.05, 0) is 54.3 Å². The molecule has 3 aromatic rings. The van der Waals surface area contributed by atoms with Crippen LogP contribution in [-0.4, -0.2) is 31.7 Å². The van der Waals surface area contributed by atoms with E-state index in [1.54, 1.807) is 0 Å². The zero-order valence-electron chi connectivity index (χ0n) is 17.3. The van der Waals surface area contributed by atoms with E-state index in [-0.39, 0.29) is 35.9 Å². The van der Waals surface area contributed by atoms with Crippen molar-refractivity contribution in [1.82, 2.24) is 9.62 Å². The number of rotatable bonds is 5. The molecule has 1 amide bonds. The van der Waals surface area contributed by atoms with Gasteiger partial charge in [0.25, 0.3) is 0 Å². The van der Waals surface area contributed by atoms with Gasteiger partial charge in [0, 0.05) is 19.0 Å². The standard InChI is InChI=1S/C24H25FN2O3S/c1-17(20-11-10-18-6-2-3-7-21(18)16-20)26-24(28)19-12-14-27(15-13-19)31(29,30)23-9-5-4-8-22(23)25/h2-11,16-17,19H,12-15H2,1H3,(H,26,28)/t17-/m1/s1. The van der Waals surface area contributed by atoms with Crippen molar-refractivity contribution in [2.75, 3.05) is 13.1 Å². The van der Waals surface area contributed by atoms with Crippen LogP contribution in [0.3, 0.4) is 0 Å². The summed E-state index contributed by atoms with van der Waals surface area (Å²) < 4.78 is 40.7. The first-order valence-corrected chi connectivity index (χ1v) is 11.8. The van der Waals surface area contributed by atoms with Gasteiger partial charge in [-0.3, -0.25) is 4.79 Å². The van der Waals surface area contributed by atoms with E-state index in [4.69, 9.17) is 0 Å². The number of nitrogens with one attached hydrogen (secondary N) is 1. The van der Waals surface area contributed by atoms with Gasteiger partial charge in [0.2, 0.25) is 15.9 Å². The van der Waals surface area contributed by atoms with Gasteiger partial charge in [0.05, 0.1) is 6.04 Å². The van der Waals surface area contributed by atoms with E-state index in [1.165, 1.54) is 22.5 Å². The van der Waals surface area contributed by atoms with Crippen molar-refractivity contribution < 1.29 is 17.6 Å². The van der Waals surface area contributed by atoms with Crippen LogP contribution >= 0.6 is 0 Å². The van der Waals surface area contributed by atoms with Crippen molar-refractivity contribution in [3.8, 4) is 0 Å². The summed E-state index contributed by atoms with van der Waals surface area (Å²) in [6.07, 6.45) is 0.813. The van der Waals surface area contributed by atoms with Crippen molar-refractivity contribution >= 4 is 26.7 Å². The highest BCUT2D eigenvalue weighted by molar-refractivity contribution is 7.89. The lowest BCUT2D eigenvalue weighted by molar-refractivity contribution is -0.126. The number of fused-ring (bicyclic) bond motifs is 1. The first-order chi connectivity index (χ1) is 14.9. The summed E-state index contributed by atoms with van der Waals surface area (Å²) in [5.41, 5.74) is 1.02. The molecule has 4 rings (SSSR count). The van der Waals surface area contributed by atoms with E-state index in [0.717, 1.165) is 22.4 Å². The van der Waals surface area contributed by atoms with Crippen LogP contribution in [0.2, 0.25) is 0 Å². The third kappa shape index (κ3) is 4.48. The molecule has 0 unspecified atom stereocenters. The molecule has 0 spiro atoms. The molecular weight excluding hydrogens is 415 g/mol. The smallest absolute Gasteiger partial charge is 0.245 e. The van der Waals surface area contributed by atoms with Gasteiger partial charge in [0.15, 0.2) is 0 Å². The van der Waals surface area contributed by atoms with Crippen LogP contribution in [0.15, 0.2) is 71.6 Å². The fourth-order valence-corrected chi connectivity index (χ4v) is 5.58. The second-order valence-electron chi connectivity index (χ2n) is 7.95. The summed E-state index contributed by atoms with van der Waals surface area (Å²) >= 11 is 0. The van der Waals surface area contributed by atoms with Crippen molar-refractivity contribution in [3.63, 3.8) is 0 Å². The van der Waals surface area contributed by atoms with Crippen molar-refractivity contribution in [3.05, 3.63) is 78.1 Å². The van der Waals surface area contributed by atoms with Crippen LogP contribution in [0.4, 0.5) is 4.39 Å². The Labute approximate surface area is 181 Å². The molecule has 1 heterocycles. The summed E-state index contributed by atoms with van der Waals surface area (Å²) in [4.78, 5) is 12.5. The molecule has 1 saturated heterocycles. The SMILES string of the molecule is C[C@@H](NC(=O)C1CCN(S(=O)(=O)c2ccccc2F)CC1)c1ccc2ccccc2c1. The topological polar surface area (TPSA) is 66.5 Å². The average molecular weight is 441 g/mol. The molecule has 0 aliphatic carbocycles. The molecule has 5 nitrogen and oxygen atoms in total. The van der Waals surface area contributed by atoms with Crippen LogP contribution in [0.1, 0.15) is 31.4 Å². The van der Waals surface area contributed by atoms with Crippen molar-refractivity contribution in [2.45, 2.75) is 30.7 Å². The molecule has 0 radical (unpaired) electrons. The summed E-state index contributed by atoms with van der Waals surface area (Å²) in [6, 6.07) is 19.4. The summed E-state index contributed by atoms with van der Waals surface area (Å²) in [7, 11) is -3.90. The molecular formula is C24H25FN2O3S. The Morgan fingerprint density at radius 2 is 1.65 bits per heavy atom. The highest BCUT2D eigenvalue weighted by Crippen LogP contribution is 2.26. The van der Waals surface area contributed by atoms with E-state index in [1.807, 2.05) is 43.3 Å². The predicted octanol–water partition coefficient (Wildman–Crippen LogP) is 4.26. The fraction of sp³-hybridized carbons (Fsp3) is 0.292. The van der Waals surface area contributed by atoms with Gasteiger partial charge >= 0.3 is 0 Å². The number of piperidine rings is 1. The first-order valence-electron chi connectivity index (χ1n) is 10.4. The lowest BCUT2D eigenvalue weighted by Gasteiger charge is -2.31. The molecule has 3 aromatic carbocycles. The van der Waals surface area contributed by atoms with E-state index >= 15 is 0 Å². The van der Waals surface area contributed by atoms with Gasteiger partial charge in [-0.25, -0.2) is 12.8 Å². The number of amides is 1. The number of halogens is 1. The Balaban J connectivity index is 1.38. The number of carbonyl (C=O) groups excluding carboxylic acids is 1. The van der Waals surface area contributed by atoms with Crippen molar-refractivity contribution in [2.24, 2.45) is 5.92 Å². The quantitative estimate of drug-likeness (QED) is 0.645. The Morgan fingerprint density at radius 3 is 2.35 bits per heavy atom. The van der Waals surface area contributed by atoms with E-state index in [0.29, 0.717) is 12.8 Å². The summed E-state index contributed by atoms with van der Waals surface area (Å²) in [5.74, 6) is -1.11. The maximum atomic E-state index is 14.0. The number of hydrogen-bond acceptors (Lipinski definition) is 3. The number of carbonyl (C=O) groups is 1. The lowest BCUT2D eigenvalue weighted by atomic mass is 9.96. The molecule has 31 heavy (non-hydrogen) atoms. The van der Waals surface area contributed by atoms with Crippen molar-refractivity contribution in [1.29, 1.82) is 0 Å². The molecule has 0 aromatic heterocycles. The molecule has 1 atom stereocenters. The van der Waals surface area contributed by atoms with Crippen LogP contribution in [-0.2, 0) is 14.8 Å². The maximum absolute atomic E-state index is 14.0. The third-order valence-corrected chi connectivity index (χ3v) is 7.84. The van der Waals surface area contributed by atoms with Gasteiger partial charge in [0.1, 0.15) is 10.7 Å². The minimum atomic E-state index is -3.90. The van der Waals surface area contributed by atoms with Gasteiger partial charge in [-0.2, -0.15) is 4.31 Å². The van der Waals surface area contributed by atoms with Crippen LogP contribution in [0.25, 0.3) is 10.8 Å². The molecule has 7 heteroatoms. The molecule has 162 valence electrons. The molecule has 0 saturated carbocycles. The third-order valence-electron chi connectivity index (χ3n) is 5.91. The zero-order chi connectivity index (χ0) is 22.0. The predicted molar refractivity (Wildman–Crippen MR) is 118 cm³/mol. The molecule has 0 bridgehead atoms. The fourth-order valence-electron chi connectivity index (χ4n) is 4.04. The Bertz CT molecular complexity index is 1200. The summed E-state index contributed by atoms with van der Waals surface area (Å²) in [5, 5.41) is 5.32. The molecule has 1 aliphatic heterocycles. The second-order valence-corrected chi connectivity index (χ2v) is 9.85.